The molecule has 0 amide bonds. The second-order valence-corrected chi connectivity index (χ2v) is 3.04. The molecule has 0 aliphatic rings. The number of allylic oxidation sites excluding steroid dienone is 1. The number of hydrogen-bond donors (Lipinski definition) is 1. The molecule has 1 aromatic rings. The summed E-state index contributed by atoms with van der Waals surface area (Å²) in [6.45, 7) is 0. The molecule has 0 aliphatic heterocycles. The summed E-state index contributed by atoms with van der Waals surface area (Å²) < 4.78 is 29.7. The van der Waals surface area contributed by atoms with Crippen molar-refractivity contribution >= 4 is 11.8 Å². The number of esters is 1. The minimum absolute atomic E-state index is 0.321. The molecule has 0 bridgehead atoms. The molecule has 0 saturated heterocycles. The van der Waals surface area contributed by atoms with Gasteiger partial charge in [-0.15, -0.1) is 0 Å². The van der Waals surface area contributed by atoms with E-state index in [1.54, 1.807) is 0 Å². The third-order valence-corrected chi connectivity index (χ3v) is 1.81. The highest BCUT2D eigenvalue weighted by Gasteiger charge is 2.12. The van der Waals surface area contributed by atoms with Crippen molar-refractivity contribution in [3.63, 3.8) is 0 Å². The molecule has 4 nitrogen and oxygen atoms in total. The average molecular weight is 242 g/mol. The second kappa shape index (κ2) is 5.20. The van der Waals surface area contributed by atoms with Gasteiger partial charge in [0.15, 0.2) is 5.78 Å². The fourth-order valence-corrected chi connectivity index (χ4v) is 1.07. The Bertz CT molecular complexity index is 474. The zero-order valence-corrected chi connectivity index (χ0v) is 8.74. The predicted molar refractivity (Wildman–Crippen MR) is 53.4 cm³/mol. The lowest BCUT2D eigenvalue weighted by atomic mass is 10.1. The Hall–Kier alpha value is -2.24. The van der Waals surface area contributed by atoms with E-state index in [9.17, 15) is 18.4 Å². The third-order valence-electron chi connectivity index (χ3n) is 1.81. The maximum atomic E-state index is 12.8. The number of benzene rings is 1. The Morgan fingerprint density at radius 1 is 1.24 bits per heavy atom. The van der Waals surface area contributed by atoms with Gasteiger partial charge in [-0.2, -0.15) is 0 Å². The minimum Gasteiger partial charge on any atom is -0.502 e. The molecule has 0 heterocycles. The van der Waals surface area contributed by atoms with Crippen LogP contribution < -0.4 is 0 Å². The molecule has 17 heavy (non-hydrogen) atoms. The quantitative estimate of drug-likeness (QED) is 0.379. The zero-order valence-electron chi connectivity index (χ0n) is 8.74. The molecule has 90 valence electrons. The topological polar surface area (TPSA) is 63.6 Å². The van der Waals surface area contributed by atoms with Crippen LogP contribution in [0.25, 0.3) is 0 Å². The van der Waals surface area contributed by atoms with Crippen LogP contribution in [0.4, 0.5) is 8.78 Å². The summed E-state index contributed by atoms with van der Waals surface area (Å²) in [7, 11) is 1.01. The van der Waals surface area contributed by atoms with Crippen molar-refractivity contribution in [3.8, 4) is 0 Å². The van der Waals surface area contributed by atoms with E-state index in [0.29, 0.717) is 12.1 Å². The Kier molecular flexibility index (Phi) is 3.92. The number of methoxy groups -OCH3 is 1. The lowest BCUT2D eigenvalue weighted by molar-refractivity contribution is -0.139. The summed E-state index contributed by atoms with van der Waals surface area (Å²) in [5.74, 6) is -4.83. The summed E-state index contributed by atoms with van der Waals surface area (Å²) in [5, 5.41) is 9.07. The summed E-state index contributed by atoms with van der Waals surface area (Å²) in [6.07, 6.45) is 0.528. The van der Waals surface area contributed by atoms with E-state index in [0.717, 1.165) is 19.2 Å². The monoisotopic (exact) mass is 242 g/mol. The number of ether oxygens (including phenoxy) is 1. The Morgan fingerprint density at radius 3 is 2.24 bits per heavy atom. The highest BCUT2D eigenvalue weighted by atomic mass is 19.1. The number of aliphatic hydroxyl groups is 1. The fraction of sp³-hybridized carbons (Fsp3) is 0.0909. The summed E-state index contributed by atoms with van der Waals surface area (Å²) in [4.78, 5) is 22.2. The SMILES string of the molecule is COC(=O)/C(O)=C/C(=O)c1cc(F)cc(F)c1. The first kappa shape index (κ1) is 12.8. The van der Waals surface area contributed by atoms with Crippen LogP contribution in [0.2, 0.25) is 0 Å². The number of rotatable bonds is 3. The molecule has 1 aromatic carbocycles. The molecule has 0 unspecified atom stereocenters. The smallest absolute Gasteiger partial charge is 0.373 e. The van der Waals surface area contributed by atoms with E-state index in [-0.39, 0.29) is 5.56 Å². The van der Waals surface area contributed by atoms with E-state index < -0.39 is 29.1 Å². The number of halogens is 2. The van der Waals surface area contributed by atoms with E-state index in [4.69, 9.17) is 5.11 Å². The van der Waals surface area contributed by atoms with E-state index in [2.05, 4.69) is 4.74 Å². The van der Waals surface area contributed by atoms with Gasteiger partial charge in [0.1, 0.15) is 11.6 Å². The van der Waals surface area contributed by atoms with Gasteiger partial charge < -0.3 is 9.84 Å². The molecule has 0 aliphatic carbocycles. The van der Waals surface area contributed by atoms with Crippen LogP contribution in [0.5, 0.6) is 0 Å². The van der Waals surface area contributed by atoms with Gasteiger partial charge in [0.05, 0.1) is 7.11 Å². The number of carbonyl (C=O) groups excluding carboxylic acids is 2. The number of carbonyl (C=O) groups is 2. The van der Waals surface area contributed by atoms with Crippen LogP contribution >= 0.6 is 0 Å². The number of aliphatic hydroxyl groups excluding tert-OH is 1. The molecular weight excluding hydrogens is 234 g/mol. The molecule has 0 fully saturated rings. The molecule has 1 N–H and O–H groups in total. The van der Waals surface area contributed by atoms with Crippen LogP contribution in [0.1, 0.15) is 10.4 Å². The van der Waals surface area contributed by atoms with Crippen LogP contribution in [0.15, 0.2) is 30.0 Å². The summed E-state index contributed by atoms with van der Waals surface area (Å²) in [5.41, 5.74) is -0.321. The number of hydrogen-bond acceptors (Lipinski definition) is 4. The van der Waals surface area contributed by atoms with Crippen LogP contribution in [0, 0.1) is 11.6 Å². The van der Waals surface area contributed by atoms with E-state index in [1.165, 1.54) is 0 Å². The van der Waals surface area contributed by atoms with Crippen molar-refractivity contribution in [3.05, 3.63) is 47.2 Å². The van der Waals surface area contributed by atoms with Crippen molar-refractivity contribution in [2.75, 3.05) is 7.11 Å². The normalized spacial score (nSPS) is 11.1. The predicted octanol–water partition coefficient (Wildman–Crippen LogP) is 1.76. The van der Waals surface area contributed by atoms with Gasteiger partial charge in [-0.05, 0) is 12.1 Å². The minimum atomic E-state index is -1.12. The van der Waals surface area contributed by atoms with Crippen molar-refractivity contribution < 1.29 is 28.2 Å². The molecule has 0 spiro atoms. The molecule has 1 rings (SSSR count). The molecule has 0 saturated carbocycles. The lowest BCUT2D eigenvalue weighted by Gasteiger charge is -1.99. The first-order valence-corrected chi connectivity index (χ1v) is 4.43. The average Bonchev–Trinajstić information content (AvgIpc) is 2.26. The first-order chi connectivity index (χ1) is 7.93. The Morgan fingerprint density at radius 2 is 1.76 bits per heavy atom. The van der Waals surface area contributed by atoms with Gasteiger partial charge >= 0.3 is 5.97 Å². The standard InChI is InChI=1S/C11H8F2O4/c1-17-11(16)10(15)5-9(14)6-2-7(12)4-8(13)3-6/h2-5,15H,1H3/b10-5-. The summed E-state index contributed by atoms with van der Waals surface area (Å²) >= 11 is 0. The van der Waals surface area contributed by atoms with Crippen molar-refractivity contribution in [1.29, 1.82) is 0 Å². The largest absolute Gasteiger partial charge is 0.502 e. The molecule has 0 atom stereocenters. The van der Waals surface area contributed by atoms with E-state index >= 15 is 0 Å². The van der Waals surface area contributed by atoms with Gasteiger partial charge in [0.2, 0.25) is 5.76 Å². The molecule has 0 radical (unpaired) electrons. The first-order valence-electron chi connectivity index (χ1n) is 4.43. The molecular formula is C11H8F2O4. The van der Waals surface area contributed by atoms with Crippen LogP contribution in [0.3, 0.4) is 0 Å². The fourth-order valence-electron chi connectivity index (χ4n) is 1.07. The van der Waals surface area contributed by atoms with E-state index in [1.807, 2.05) is 0 Å². The second-order valence-electron chi connectivity index (χ2n) is 3.04. The lowest BCUT2D eigenvalue weighted by Crippen LogP contribution is -2.07. The third kappa shape index (κ3) is 3.37. The van der Waals surface area contributed by atoms with Crippen LogP contribution in [-0.4, -0.2) is 24.0 Å². The maximum absolute atomic E-state index is 12.8. The summed E-state index contributed by atoms with van der Waals surface area (Å²) in [6, 6.07) is 2.17. The highest BCUT2D eigenvalue weighted by Crippen LogP contribution is 2.10. The maximum Gasteiger partial charge on any atom is 0.373 e. The van der Waals surface area contributed by atoms with Crippen LogP contribution in [-0.2, 0) is 9.53 Å². The Balaban J connectivity index is 3.01. The highest BCUT2D eigenvalue weighted by molar-refractivity contribution is 6.07. The van der Waals surface area contributed by atoms with Gasteiger partial charge in [-0.25, -0.2) is 13.6 Å². The van der Waals surface area contributed by atoms with Crippen molar-refractivity contribution in [2.24, 2.45) is 0 Å². The Labute approximate surface area is 95.1 Å². The number of ketones is 1. The van der Waals surface area contributed by atoms with Gasteiger partial charge in [-0.1, -0.05) is 0 Å². The van der Waals surface area contributed by atoms with Gasteiger partial charge in [-0.3, -0.25) is 4.79 Å². The molecule has 6 heteroatoms. The molecule has 0 aromatic heterocycles. The van der Waals surface area contributed by atoms with Crippen molar-refractivity contribution in [1.82, 2.24) is 0 Å². The zero-order chi connectivity index (χ0) is 13.0. The van der Waals surface area contributed by atoms with Gasteiger partial charge in [0.25, 0.3) is 0 Å². The van der Waals surface area contributed by atoms with Gasteiger partial charge in [0, 0.05) is 17.7 Å². The van der Waals surface area contributed by atoms with Crippen molar-refractivity contribution in [2.45, 2.75) is 0 Å².